The first-order valence-electron chi connectivity index (χ1n) is 8.23. The third-order valence-corrected chi connectivity index (χ3v) is 4.02. The van der Waals surface area contributed by atoms with E-state index in [0.717, 1.165) is 11.1 Å². The van der Waals surface area contributed by atoms with E-state index < -0.39 is 0 Å². The topological polar surface area (TPSA) is 96.5 Å². The monoisotopic (exact) mass is 362 g/mol. The first kappa shape index (κ1) is 16.8. The van der Waals surface area contributed by atoms with Crippen molar-refractivity contribution >= 4 is 22.9 Å². The van der Waals surface area contributed by atoms with Crippen molar-refractivity contribution in [3.63, 3.8) is 0 Å². The summed E-state index contributed by atoms with van der Waals surface area (Å²) in [5.74, 6) is -0.354. The molecular weight excluding hydrogens is 347 g/mol. The van der Waals surface area contributed by atoms with Crippen LogP contribution in [0.5, 0.6) is 0 Å². The molecule has 0 atom stereocenters. The van der Waals surface area contributed by atoms with E-state index in [9.17, 15) is 9.18 Å². The number of hydrogen-bond acceptors (Lipinski definition) is 5. The van der Waals surface area contributed by atoms with Crippen molar-refractivity contribution in [2.24, 2.45) is 0 Å². The van der Waals surface area contributed by atoms with Crippen molar-refractivity contribution in [2.45, 2.75) is 13.8 Å². The molecule has 134 valence electrons. The Hall–Kier alpha value is -3.68. The first-order chi connectivity index (χ1) is 13.0. The minimum absolute atomic E-state index is 0.255. The average Bonchev–Trinajstić information content (AvgIpc) is 3.06. The third-order valence-electron chi connectivity index (χ3n) is 4.02. The molecule has 0 aliphatic heterocycles. The molecule has 0 unspecified atom stereocenters. The largest absolute Gasteiger partial charge is 0.322 e. The Kier molecular flexibility index (Phi) is 4.08. The van der Waals surface area contributed by atoms with E-state index in [2.05, 4.69) is 30.2 Å². The number of fused-ring (bicyclic) bond motifs is 1. The van der Waals surface area contributed by atoms with Gasteiger partial charge in [0.1, 0.15) is 11.5 Å². The van der Waals surface area contributed by atoms with Gasteiger partial charge in [0.15, 0.2) is 0 Å². The van der Waals surface area contributed by atoms with Crippen molar-refractivity contribution in [2.75, 3.05) is 5.32 Å². The molecule has 0 bridgehead atoms. The van der Waals surface area contributed by atoms with Crippen LogP contribution >= 0.6 is 0 Å². The molecule has 3 aromatic heterocycles. The molecule has 4 rings (SSSR count). The maximum atomic E-state index is 13.6. The maximum absolute atomic E-state index is 13.6. The van der Waals surface area contributed by atoms with Crippen LogP contribution in [0.3, 0.4) is 0 Å². The van der Waals surface area contributed by atoms with Crippen LogP contribution in [-0.4, -0.2) is 30.8 Å². The second kappa shape index (κ2) is 6.56. The van der Waals surface area contributed by atoms with E-state index in [1.54, 1.807) is 25.4 Å². The lowest BCUT2D eigenvalue weighted by Crippen LogP contribution is -2.07. The van der Waals surface area contributed by atoms with Crippen LogP contribution < -0.4 is 5.32 Å². The zero-order valence-corrected chi connectivity index (χ0v) is 14.6. The highest BCUT2D eigenvalue weighted by molar-refractivity contribution is 5.90. The van der Waals surface area contributed by atoms with Crippen LogP contribution in [0.25, 0.3) is 33.7 Å². The standard InChI is InChI=1S/C19H15FN6O/c1-10-13(20)4-6-15(23-10)18-17(25-19(26-18)24-11(2)27)12-3-5-14-16(9-12)22-8-7-21-14/h3-9H,1-2H3,(H2,24,25,26,27). The van der Waals surface area contributed by atoms with E-state index in [4.69, 9.17) is 0 Å². The minimum Gasteiger partial charge on any atom is -0.322 e. The number of imidazole rings is 1. The van der Waals surface area contributed by atoms with Gasteiger partial charge in [-0.1, -0.05) is 6.07 Å². The quantitative estimate of drug-likeness (QED) is 0.581. The van der Waals surface area contributed by atoms with E-state index in [1.807, 2.05) is 18.2 Å². The van der Waals surface area contributed by atoms with Gasteiger partial charge >= 0.3 is 0 Å². The lowest BCUT2D eigenvalue weighted by molar-refractivity contribution is -0.114. The smallest absolute Gasteiger partial charge is 0.223 e. The second-order valence-corrected chi connectivity index (χ2v) is 6.01. The summed E-state index contributed by atoms with van der Waals surface area (Å²) >= 11 is 0. The lowest BCUT2D eigenvalue weighted by Gasteiger charge is -2.05. The van der Waals surface area contributed by atoms with Gasteiger partial charge in [-0.15, -0.1) is 0 Å². The Morgan fingerprint density at radius 3 is 2.59 bits per heavy atom. The Morgan fingerprint density at radius 2 is 1.85 bits per heavy atom. The van der Waals surface area contributed by atoms with Crippen LogP contribution in [0.2, 0.25) is 0 Å². The number of halogens is 1. The molecule has 8 heteroatoms. The number of nitrogens with zero attached hydrogens (tertiary/aromatic N) is 4. The summed E-state index contributed by atoms with van der Waals surface area (Å²) in [6.07, 6.45) is 3.24. The average molecular weight is 362 g/mol. The Bertz CT molecular complexity index is 1170. The van der Waals surface area contributed by atoms with Crippen LogP contribution in [0.4, 0.5) is 10.3 Å². The molecule has 1 aromatic carbocycles. The minimum atomic E-state index is -0.386. The number of benzene rings is 1. The zero-order chi connectivity index (χ0) is 19.0. The van der Waals surface area contributed by atoms with Gasteiger partial charge in [-0.3, -0.25) is 20.1 Å². The molecule has 0 saturated heterocycles. The molecule has 4 aromatic rings. The SMILES string of the molecule is CC(=O)Nc1nc(-c2ccc3nccnc3c2)c(-c2ccc(F)c(C)n2)[nH]1. The number of aromatic nitrogens is 5. The summed E-state index contributed by atoms with van der Waals surface area (Å²) in [7, 11) is 0. The molecule has 1 amide bonds. The van der Waals surface area contributed by atoms with Crippen LogP contribution in [0, 0.1) is 12.7 Å². The number of pyridine rings is 1. The highest BCUT2D eigenvalue weighted by Crippen LogP contribution is 2.32. The molecule has 7 nitrogen and oxygen atoms in total. The van der Waals surface area contributed by atoms with Gasteiger partial charge in [0, 0.05) is 24.9 Å². The van der Waals surface area contributed by atoms with E-state index >= 15 is 0 Å². The van der Waals surface area contributed by atoms with Gasteiger partial charge in [0.05, 0.1) is 28.1 Å². The summed E-state index contributed by atoms with van der Waals surface area (Å²) in [5.41, 5.74) is 4.19. The lowest BCUT2D eigenvalue weighted by atomic mass is 10.1. The fourth-order valence-corrected chi connectivity index (χ4v) is 2.79. The number of rotatable bonds is 3. The molecule has 0 spiro atoms. The third kappa shape index (κ3) is 3.24. The van der Waals surface area contributed by atoms with Crippen molar-refractivity contribution in [1.29, 1.82) is 0 Å². The predicted octanol–water partition coefficient (Wildman–Crippen LogP) is 3.49. The van der Waals surface area contributed by atoms with Gasteiger partial charge in [-0.05, 0) is 31.2 Å². The molecule has 0 radical (unpaired) electrons. The molecular formula is C19H15FN6O. The number of aryl methyl sites for hydroxylation is 1. The Labute approximate surface area is 153 Å². The molecule has 27 heavy (non-hydrogen) atoms. The Morgan fingerprint density at radius 1 is 1.07 bits per heavy atom. The van der Waals surface area contributed by atoms with Crippen molar-refractivity contribution in [1.82, 2.24) is 24.9 Å². The van der Waals surface area contributed by atoms with Crippen molar-refractivity contribution < 1.29 is 9.18 Å². The van der Waals surface area contributed by atoms with Crippen molar-refractivity contribution in [3.05, 3.63) is 54.2 Å². The first-order valence-corrected chi connectivity index (χ1v) is 8.23. The normalized spacial score (nSPS) is 10.9. The van der Waals surface area contributed by atoms with Gasteiger partial charge in [0.2, 0.25) is 11.9 Å². The fourth-order valence-electron chi connectivity index (χ4n) is 2.79. The molecule has 2 N–H and O–H groups in total. The van der Waals surface area contributed by atoms with Gasteiger partial charge in [-0.25, -0.2) is 14.4 Å². The number of H-pyrrole nitrogens is 1. The number of carbonyl (C=O) groups is 1. The van der Waals surface area contributed by atoms with Crippen molar-refractivity contribution in [3.8, 4) is 22.6 Å². The van der Waals surface area contributed by atoms with E-state index in [-0.39, 0.29) is 23.4 Å². The van der Waals surface area contributed by atoms with Crippen LogP contribution in [0.15, 0.2) is 42.7 Å². The number of anilines is 1. The summed E-state index contributed by atoms with van der Waals surface area (Å²) in [4.78, 5) is 31.8. The van der Waals surface area contributed by atoms with Crippen LogP contribution in [-0.2, 0) is 4.79 Å². The number of carbonyl (C=O) groups excluding carboxylic acids is 1. The number of nitrogens with one attached hydrogen (secondary N) is 2. The highest BCUT2D eigenvalue weighted by Gasteiger charge is 2.17. The summed E-state index contributed by atoms with van der Waals surface area (Å²) < 4.78 is 13.6. The van der Waals surface area contributed by atoms with Gasteiger partial charge in [0.25, 0.3) is 0 Å². The number of aromatic amines is 1. The zero-order valence-electron chi connectivity index (χ0n) is 14.6. The molecule has 0 aliphatic carbocycles. The molecule has 0 aliphatic rings. The van der Waals surface area contributed by atoms with Gasteiger partial charge in [-0.2, -0.15) is 0 Å². The predicted molar refractivity (Wildman–Crippen MR) is 99.3 cm³/mol. The Balaban J connectivity index is 1.90. The molecule has 0 saturated carbocycles. The molecule has 0 fully saturated rings. The summed E-state index contributed by atoms with van der Waals surface area (Å²) in [6, 6.07) is 8.49. The van der Waals surface area contributed by atoms with E-state index in [1.165, 1.54) is 13.0 Å². The maximum Gasteiger partial charge on any atom is 0.223 e. The second-order valence-electron chi connectivity index (χ2n) is 6.01. The molecule has 3 heterocycles. The summed E-state index contributed by atoms with van der Waals surface area (Å²) in [6.45, 7) is 2.99. The number of amides is 1. The highest BCUT2D eigenvalue weighted by atomic mass is 19.1. The summed E-state index contributed by atoms with van der Waals surface area (Å²) in [5, 5.41) is 2.63. The van der Waals surface area contributed by atoms with E-state index in [0.29, 0.717) is 22.6 Å². The number of hydrogen-bond donors (Lipinski definition) is 2. The van der Waals surface area contributed by atoms with Gasteiger partial charge < -0.3 is 4.98 Å². The van der Waals surface area contributed by atoms with Crippen LogP contribution in [0.1, 0.15) is 12.6 Å². The fraction of sp³-hybridized carbons (Fsp3) is 0.105.